The predicted octanol–water partition coefficient (Wildman–Crippen LogP) is 5.34. The van der Waals surface area contributed by atoms with Crippen LogP contribution in [0.5, 0.6) is 11.5 Å². The molecular formula is C21H22BrN3O3S. The fraction of sp³-hybridized carbons (Fsp3) is 0.333. The maximum atomic E-state index is 13.0. The van der Waals surface area contributed by atoms with Gasteiger partial charge in [0.1, 0.15) is 29.5 Å². The molecule has 1 aromatic carbocycles. The minimum atomic E-state index is -0.301. The third-order valence-electron chi connectivity index (χ3n) is 5.21. The van der Waals surface area contributed by atoms with Gasteiger partial charge >= 0.3 is 0 Å². The Balaban J connectivity index is 1.87. The number of aromatic nitrogens is 2. The van der Waals surface area contributed by atoms with Crippen LogP contribution in [-0.2, 0) is 6.61 Å². The van der Waals surface area contributed by atoms with Crippen molar-refractivity contribution in [3.63, 3.8) is 0 Å². The number of thiophene rings is 1. The maximum Gasteiger partial charge on any atom is 0.272 e. The Hall–Kier alpha value is -2.32. The molecule has 0 bridgehead atoms. The van der Waals surface area contributed by atoms with Crippen molar-refractivity contribution in [1.29, 1.82) is 0 Å². The Morgan fingerprint density at radius 2 is 2.17 bits per heavy atom. The van der Waals surface area contributed by atoms with E-state index in [1.54, 1.807) is 30.4 Å². The molecule has 1 amide bonds. The van der Waals surface area contributed by atoms with Crippen molar-refractivity contribution < 1.29 is 14.3 Å². The minimum Gasteiger partial charge on any atom is -0.495 e. The zero-order chi connectivity index (χ0) is 20.9. The molecule has 29 heavy (non-hydrogen) atoms. The van der Waals surface area contributed by atoms with Gasteiger partial charge < -0.3 is 14.4 Å². The molecule has 6 nitrogen and oxygen atoms in total. The molecule has 2 aromatic heterocycles. The Bertz CT molecular complexity index is 1080. The highest BCUT2D eigenvalue weighted by Crippen LogP contribution is 2.51. The zero-order valence-corrected chi connectivity index (χ0v) is 19.3. The summed E-state index contributed by atoms with van der Waals surface area (Å²) in [5, 5.41) is 11.5. The molecule has 0 aliphatic carbocycles. The SMILES string of the molecule is COc1c(Br)cc2c(c1-c1ccsc1)OCc1c-2n[nH]c1C(=O)N(C)C(C)(C)C. The molecule has 3 aromatic rings. The summed E-state index contributed by atoms with van der Waals surface area (Å²) >= 11 is 5.23. The first-order valence-electron chi connectivity index (χ1n) is 9.15. The van der Waals surface area contributed by atoms with Gasteiger partial charge in [0.15, 0.2) is 0 Å². The number of nitrogens with zero attached hydrogens (tertiary/aromatic N) is 2. The Morgan fingerprint density at radius 1 is 1.41 bits per heavy atom. The summed E-state index contributed by atoms with van der Waals surface area (Å²) in [5.74, 6) is 1.32. The average Bonchev–Trinajstić information content (AvgIpc) is 3.34. The summed E-state index contributed by atoms with van der Waals surface area (Å²) in [6.45, 7) is 6.25. The number of halogens is 1. The van der Waals surface area contributed by atoms with Gasteiger partial charge in [-0.1, -0.05) is 0 Å². The predicted molar refractivity (Wildman–Crippen MR) is 118 cm³/mol. The van der Waals surface area contributed by atoms with Gasteiger partial charge in [-0.25, -0.2) is 0 Å². The Kier molecular flexibility index (Phi) is 4.94. The number of hydrogen-bond acceptors (Lipinski definition) is 5. The van der Waals surface area contributed by atoms with Crippen molar-refractivity contribution in [1.82, 2.24) is 15.1 Å². The van der Waals surface area contributed by atoms with Gasteiger partial charge in [-0.05, 0) is 65.2 Å². The molecule has 1 aliphatic heterocycles. The van der Waals surface area contributed by atoms with E-state index in [2.05, 4.69) is 31.5 Å². The van der Waals surface area contributed by atoms with Crippen LogP contribution in [0.2, 0.25) is 0 Å². The maximum absolute atomic E-state index is 13.0. The number of nitrogens with one attached hydrogen (secondary N) is 1. The van der Waals surface area contributed by atoms with Crippen molar-refractivity contribution in [2.45, 2.75) is 32.9 Å². The number of H-pyrrole nitrogens is 1. The smallest absolute Gasteiger partial charge is 0.272 e. The van der Waals surface area contributed by atoms with E-state index in [9.17, 15) is 4.79 Å². The lowest BCUT2D eigenvalue weighted by atomic mass is 9.96. The van der Waals surface area contributed by atoms with E-state index in [1.807, 2.05) is 38.3 Å². The van der Waals surface area contributed by atoms with E-state index in [0.717, 1.165) is 32.4 Å². The molecule has 0 radical (unpaired) electrons. The van der Waals surface area contributed by atoms with Gasteiger partial charge in [0.2, 0.25) is 0 Å². The van der Waals surface area contributed by atoms with Crippen LogP contribution >= 0.6 is 27.3 Å². The Labute approximate surface area is 182 Å². The molecule has 1 N–H and O–H groups in total. The number of carbonyl (C=O) groups is 1. The van der Waals surface area contributed by atoms with Gasteiger partial charge in [-0.15, -0.1) is 0 Å². The molecule has 0 fully saturated rings. The largest absolute Gasteiger partial charge is 0.495 e. The lowest BCUT2D eigenvalue weighted by molar-refractivity contribution is 0.0647. The Morgan fingerprint density at radius 3 is 2.79 bits per heavy atom. The summed E-state index contributed by atoms with van der Waals surface area (Å²) in [6, 6.07) is 3.97. The summed E-state index contributed by atoms with van der Waals surface area (Å²) in [4.78, 5) is 14.7. The number of methoxy groups -OCH3 is 1. The monoisotopic (exact) mass is 475 g/mol. The molecule has 152 valence electrons. The summed E-state index contributed by atoms with van der Waals surface area (Å²) in [5.41, 5.74) is 4.40. The van der Waals surface area contributed by atoms with Crippen LogP contribution in [0.15, 0.2) is 27.4 Å². The van der Waals surface area contributed by atoms with Crippen molar-refractivity contribution >= 4 is 33.2 Å². The van der Waals surface area contributed by atoms with Crippen molar-refractivity contribution in [3.05, 3.63) is 38.6 Å². The highest BCUT2D eigenvalue weighted by atomic mass is 79.9. The van der Waals surface area contributed by atoms with E-state index >= 15 is 0 Å². The standard InChI is InChI=1S/C21H22BrN3O3S/c1-21(2,3)25(4)20(26)17-13-9-28-18-12(16(13)23-24-17)8-14(22)19(27-5)15(18)11-6-7-29-10-11/h6-8,10H,9H2,1-5H3,(H,23,24). The van der Waals surface area contributed by atoms with Crippen LogP contribution in [0.1, 0.15) is 36.8 Å². The number of benzene rings is 1. The second kappa shape index (κ2) is 7.18. The van der Waals surface area contributed by atoms with E-state index in [1.165, 1.54) is 0 Å². The van der Waals surface area contributed by atoms with Crippen LogP contribution in [-0.4, -0.2) is 40.7 Å². The van der Waals surface area contributed by atoms with Crippen LogP contribution in [0.4, 0.5) is 0 Å². The second-order valence-electron chi connectivity index (χ2n) is 7.90. The molecule has 8 heteroatoms. The van der Waals surface area contributed by atoms with Crippen LogP contribution in [0.3, 0.4) is 0 Å². The molecule has 0 spiro atoms. The van der Waals surface area contributed by atoms with Gasteiger partial charge in [0.05, 0.1) is 17.1 Å². The topological polar surface area (TPSA) is 67.5 Å². The third kappa shape index (κ3) is 3.24. The van der Waals surface area contributed by atoms with Crippen LogP contribution in [0.25, 0.3) is 22.4 Å². The lowest BCUT2D eigenvalue weighted by Crippen LogP contribution is -2.43. The fourth-order valence-corrected chi connectivity index (χ4v) is 4.57. The molecule has 3 heterocycles. The lowest BCUT2D eigenvalue weighted by Gasteiger charge is -2.32. The number of hydrogen-bond donors (Lipinski definition) is 1. The number of aromatic amines is 1. The quantitative estimate of drug-likeness (QED) is 0.554. The summed E-state index contributed by atoms with van der Waals surface area (Å²) in [7, 11) is 3.44. The summed E-state index contributed by atoms with van der Waals surface area (Å²) < 4.78 is 12.6. The first-order valence-corrected chi connectivity index (χ1v) is 10.9. The van der Waals surface area contributed by atoms with Gasteiger partial charge in [-0.3, -0.25) is 9.89 Å². The highest BCUT2D eigenvalue weighted by Gasteiger charge is 2.33. The fourth-order valence-electron chi connectivity index (χ4n) is 3.33. The first kappa shape index (κ1) is 20.0. The molecule has 0 saturated heterocycles. The van der Waals surface area contributed by atoms with Gasteiger partial charge in [0.25, 0.3) is 5.91 Å². The van der Waals surface area contributed by atoms with Crippen molar-refractivity contribution in [3.8, 4) is 33.9 Å². The van der Waals surface area contributed by atoms with Crippen molar-refractivity contribution in [2.24, 2.45) is 0 Å². The molecule has 1 aliphatic rings. The molecular weight excluding hydrogens is 454 g/mol. The number of rotatable bonds is 3. The number of fused-ring (bicyclic) bond motifs is 3. The van der Waals surface area contributed by atoms with Gasteiger partial charge in [-0.2, -0.15) is 16.4 Å². The van der Waals surface area contributed by atoms with E-state index < -0.39 is 0 Å². The normalized spacial score (nSPS) is 12.8. The number of carbonyl (C=O) groups excluding carboxylic acids is 1. The molecule has 0 saturated carbocycles. The number of ether oxygens (including phenoxy) is 2. The van der Waals surface area contributed by atoms with E-state index in [-0.39, 0.29) is 18.1 Å². The third-order valence-corrected chi connectivity index (χ3v) is 6.48. The average molecular weight is 476 g/mol. The van der Waals surface area contributed by atoms with E-state index in [0.29, 0.717) is 17.2 Å². The van der Waals surface area contributed by atoms with Crippen molar-refractivity contribution in [2.75, 3.05) is 14.2 Å². The van der Waals surface area contributed by atoms with Gasteiger partial charge in [0, 0.05) is 23.7 Å². The molecule has 4 rings (SSSR count). The molecule has 0 atom stereocenters. The minimum absolute atomic E-state index is 0.107. The van der Waals surface area contributed by atoms with Crippen LogP contribution < -0.4 is 9.47 Å². The van der Waals surface area contributed by atoms with Crippen LogP contribution in [0, 0.1) is 0 Å². The first-order chi connectivity index (χ1) is 13.7. The number of amides is 1. The molecule has 0 unspecified atom stereocenters. The highest BCUT2D eigenvalue weighted by molar-refractivity contribution is 9.10. The zero-order valence-electron chi connectivity index (χ0n) is 16.9. The summed E-state index contributed by atoms with van der Waals surface area (Å²) in [6.07, 6.45) is 0. The van der Waals surface area contributed by atoms with E-state index in [4.69, 9.17) is 9.47 Å². The second-order valence-corrected chi connectivity index (χ2v) is 9.54.